The molecule has 3 aromatic carbocycles. The zero-order valence-electron chi connectivity index (χ0n) is 22.5. The Morgan fingerprint density at radius 3 is 2.02 bits per heavy atom. The number of nitriles is 1. The monoisotopic (exact) mass is 629 g/mol. The third-order valence-corrected chi connectivity index (χ3v) is 7.00. The van der Waals surface area contributed by atoms with Crippen LogP contribution in [0.3, 0.4) is 0 Å². The van der Waals surface area contributed by atoms with E-state index in [1.54, 1.807) is 54.6 Å². The Balaban J connectivity index is 1.70. The molecule has 2 N–H and O–H groups in total. The van der Waals surface area contributed by atoms with Crippen LogP contribution < -0.4 is 10.6 Å². The maximum Gasteiger partial charge on any atom is 0.355 e. The average molecular weight is 630 g/mol. The molecule has 0 aliphatic carbocycles. The molecule has 1 aliphatic heterocycles. The van der Waals surface area contributed by atoms with Crippen LogP contribution in [0.5, 0.6) is 0 Å². The van der Waals surface area contributed by atoms with Gasteiger partial charge in [-0.2, -0.15) is 5.26 Å². The van der Waals surface area contributed by atoms with E-state index in [2.05, 4.69) is 22.0 Å². The number of esters is 3. The van der Waals surface area contributed by atoms with Crippen LogP contribution in [0.25, 0.3) is 0 Å². The van der Waals surface area contributed by atoms with Gasteiger partial charge in [0.05, 0.1) is 42.9 Å². The lowest BCUT2D eigenvalue weighted by molar-refractivity contribution is -0.139. The fraction of sp³-hybridized carbons (Fsp3) is 0.129. The number of halogens is 1. The zero-order valence-corrected chi connectivity index (χ0v) is 24.1. The summed E-state index contributed by atoms with van der Waals surface area (Å²) in [4.78, 5) is 52.6. The lowest BCUT2D eigenvalue weighted by Crippen LogP contribution is -2.40. The fourth-order valence-electron chi connectivity index (χ4n) is 4.46. The topological polar surface area (TPSA) is 149 Å². The summed E-state index contributed by atoms with van der Waals surface area (Å²) in [6.07, 6.45) is 0. The van der Waals surface area contributed by atoms with Crippen molar-refractivity contribution in [3.05, 3.63) is 123 Å². The number of carbonyl (C=O) groups is 4. The predicted molar refractivity (Wildman–Crippen MR) is 155 cm³/mol. The molecule has 0 fully saturated rings. The molecule has 10 nitrogen and oxygen atoms in total. The molecule has 3 aromatic rings. The van der Waals surface area contributed by atoms with Crippen LogP contribution in [-0.2, 0) is 23.8 Å². The second kappa shape index (κ2) is 13.0. The number of ether oxygens (including phenoxy) is 3. The number of hydrogen-bond acceptors (Lipinski definition) is 10. The van der Waals surface area contributed by atoms with E-state index < -0.39 is 30.4 Å². The molecule has 42 heavy (non-hydrogen) atoms. The van der Waals surface area contributed by atoms with Gasteiger partial charge in [0.15, 0.2) is 12.4 Å². The Labute approximate surface area is 249 Å². The first kappa shape index (κ1) is 29.8. The predicted octanol–water partition coefficient (Wildman–Crippen LogP) is 4.39. The van der Waals surface area contributed by atoms with Gasteiger partial charge in [0.1, 0.15) is 11.5 Å². The number of carbonyl (C=O) groups excluding carboxylic acids is 4. The molecule has 0 spiro atoms. The molecule has 4 rings (SSSR count). The van der Waals surface area contributed by atoms with Crippen molar-refractivity contribution in [3.8, 4) is 6.07 Å². The van der Waals surface area contributed by atoms with E-state index in [4.69, 9.17) is 19.9 Å². The number of Topliss-reactive ketones (excluding diaryl/α,β-unsaturated/α-hetero) is 1. The van der Waals surface area contributed by atoms with Crippen LogP contribution in [0.15, 0.2) is 106 Å². The quantitative estimate of drug-likeness (QED) is 0.216. The molecule has 1 aliphatic rings. The molecular formula is C31H24BrN3O7. The Bertz CT molecular complexity index is 1640. The maximum atomic E-state index is 13.2. The molecule has 0 aromatic heterocycles. The largest absolute Gasteiger partial charge is 0.466 e. The van der Waals surface area contributed by atoms with E-state index in [-0.39, 0.29) is 39.7 Å². The van der Waals surface area contributed by atoms with E-state index in [1.807, 2.05) is 0 Å². The Kier molecular flexibility index (Phi) is 9.19. The molecular weight excluding hydrogens is 606 g/mol. The van der Waals surface area contributed by atoms with Crippen molar-refractivity contribution in [1.29, 1.82) is 5.26 Å². The lowest BCUT2D eigenvalue weighted by atomic mass is 9.81. The Morgan fingerprint density at radius 1 is 0.857 bits per heavy atom. The number of benzene rings is 3. The second-order valence-corrected chi connectivity index (χ2v) is 9.80. The van der Waals surface area contributed by atoms with Crippen molar-refractivity contribution in [1.82, 2.24) is 0 Å². The van der Waals surface area contributed by atoms with Gasteiger partial charge in [-0.3, -0.25) is 9.69 Å². The van der Waals surface area contributed by atoms with Gasteiger partial charge < -0.3 is 19.9 Å². The Hall–Kier alpha value is -5.21. The number of nitrogens with zero attached hydrogens (tertiary/aromatic N) is 2. The normalized spacial score (nSPS) is 14.6. The van der Waals surface area contributed by atoms with Crippen LogP contribution in [0.2, 0.25) is 0 Å². The van der Waals surface area contributed by atoms with Crippen LogP contribution >= 0.6 is 15.9 Å². The molecule has 0 amide bonds. The summed E-state index contributed by atoms with van der Waals surface area (Å²) in [6, 6.07) is 23.0. The van der Waals surface area contributed by atoms with Crippen LogP contribution in [-0.4, -0.2) is 44.5 Å². The first-order chi connectivity index (χ1) is 20.2. The first-order valence-electron chi connectivity index (χ1n) is 12.4. The van der Waals surface area contributed by atoms with E-state index >= 15 is 0 Å². The van der Waals surface area contributed by atoms with Crippen LogP contribution in [0.4, 0.5) is 5.69 Å². The SMILES string of the molecule is COC(=O)C1=C(C(=O)OC)N(c2ccc(C(=O)OCC(=O)c3ccc(Br)cc3)cc2)C(N)=C(C#N)C1c1ccccc1. The van der Waals surface area contributed by atoms with E-state index in [1.165, 1.54) is 29.2 Å². The maximum absolute atomic E-state index is 13.2. The zero-order chi connectivity index (χ0) is 30.4. The summed E-state index contributed by atoms with van der Waals surface area (Å²) in [5, 5.41) is 10.1. The highest BCUT2D eigenvalue weighted by atomic mass is 79.9. The van der Waals surface area contributed by atoms with E-state index in [0.717, 1.165) is 18.7 Å². The number of nitrogens with two attached hydrogens (primary N) is 1. The average Bonchev–Trinajstić information content (AvgIpc) is 3.02. The number of allylic oxidation sites excluding steroid dienone is 1. The van der Waals surface area contributed by atoms with Gasteiger partial charge in [-0.05, 0) is 42.0 Å². The third kappa shape index (κ3) is 5.94. The van der Waals surface area contributed by atoms with Crippen molar-refractivity contribution in [3.63, 3.8) is 0 Å². The van der Waals surface area contributed by atoms with E-state index in [0.29, 0.717) is 11.1 Å². The Morgan fingerprint density at radius 2 is 1.45 bits per heavy atom. The summed E-state index contributed by atoms with van der Waals surface area (Å²) < 4.78 is 16.0. The van der Waals surface area contributed by atoms with Crippen molar-refractivity contribution in [2.24, 2.45) is 5.73 Å². The van der Waals surface area contributed by atoms with Gasteiger partial charge in [-0.25, -0.2) is 14.4 Å². The molecule has 0 saturated carbocycles. The van der Waals surface area contributed by atoms with Crippen LogP contribution in [0.1, 0.15) is 32.2 Å². The van der Waals surface area contributed by atoms with Crippen molar-refractivity contribution in [2.75, 3.05) is 25.7 Å². The minimum atomic E-state index is -1.01. The molecule has 11 heteroatoms. The number of rotatable bonds is 8. The third-order valence-electron chi connectivity index (χ3n) is 6.47. The molecule has 212 valence electrons. The minimum Gasteiger partial charge on any atom is -0.466 e. The smallest absolute Gasteiger partial charge is 0.355 e. The number of methoxy groups -OCH3 is 2. The second-order valence-electron chi connectivity index (χ2n) is 8.89. The molecule has 0 radical (unpaired) electrons. The number of hydrogen-bond donors (Lipinski definition) is 1. The summed E-state index contributed by atoms with van der Waals surface area (Å²) in [7, 11) is 2.31. The van der Waals surface area contributed by atoms with Gasteiger partial charge in [0.25, 0.3) is 0 Å². The van der Waals surface area contributed by atoms with Gasteiger partial charge in [-0.1, -0.05) is 58.4 Å². The highest BCUT2D eigenvalue weighted by Crippen LogP contribution is 2.43. The highest BCUT2D eigenvalue weighted by molar-refractivity contribution is 9.10. The van der Waals surface area contributed by atoms with Gasteiger partial charge in [0.2, 0.25) is 0 Å². The summed E-state index contributed by atoms with van der Waals surface area (Å²) in [5.74, 6) is -4.01. The van der Waals surface area contributed by atoms with E-state index in [9.17, 15) is 24.4 Å². The first-order valence-corrected chi connectivity index (χ1v) is 13.2. The molecule has 1 heterocycles. The van der Waals surface area contributed by atoms with Crippen LogP contribution in [0, 0.1) is 11.3 Å². The summed E-state index contributed by atoms with van der Waals surface area (Å²) in [6.45, 7) is -0.464. The van der Waals surface area contributed by atoms with Crippen molar-refractivity contribution in [2.45, 2.75) is 5.92 Å². The molecule has 0 bridgehead atoms. The van der Waals surface area contributed by atoms with Gasteiger partial charge in [-0.15, -0.1) is 0 Å². The molecule has 1 atom stereocenters. The van der Waals surface area contributed by atoms with Crippen molar-refractivity contribution >= 4 is 45.3 Å². The summed E-state index contributed by atoms with van der Waals surface area (Å²) >= 11 is 3.30. The number of anilines is 1. The standard InChI is InChI=1S/C31H24BrN3O7/c1-40-30(38)26-25(19-6-4-3-5-7-19)23(16-33)28(34)35(27(26)31(39)41-2)22-14-10-20(11-15-22)29(37)42-17-24(36)18-8-12-21(32)13-9-18/h3-15,25H,17,34H2,1-2H3. The molecule has 0 saturated heterocycles. The highest BCUT2D eigenvalue weighted by Gasteiger charge is 2.43. The minimum absolute atomic E-state index is 0.00388. The molecule has 1 unspecified atom stereocenters. The number of ketones is 1. The lowest BCUT2D eigenvalue weighted by Gasteiger charge is -2.35. The fourth-order valence-corrected chi connectivity index (χ4v) is 4.73. The summed E-state index contributed by atoms with van der Waals surface area (Å²) in [5.41, 5.74) is 7.38. The van der Waals surface area contributed by atoms with Gasteiger partial charge in [0, 0.05) is 15.7 Å². The van der Waals surface area contributed by atoms with Gasteiger partial charge >= 0.3 is 17.9 Å². The van der Waals surface area contributed by atoms with Crippen molar-refractivity contribution < 1.29 is 33.4 Å².